The number of ether oxygens (including phenoxy) is 1. The highest BCUT2D eigenvalue weighted by Crippen LogP contribution is 2.23. The molecule has 0 bridgehead atoms. The molecule has 2 heteroatoms. The summed E-state index contributed by atoms with van der Waals surface area (Å²) in [4.78, 5) is 0. The first-order valence-corrected chi connectivity index (χ1v) is 3.75. The molecule has 0 N–H and O–H groups in total. The smallest absolute Gasteiger partial charge is 0.0774 e. The molecule has 1 radical (unpaired) electrons. The molecule has 1 rings (SSSR count). The van der Waals surface area contributed by atoms with Gasteiger partial charge in [0.2, 0.25) is 0 Å². The summed E-state index contributed by atoms with van der Waals surface area (Å²) in [7, 11) is 0. The lowest BCUT2D eigenvalue weighted by Gasteiger charge is -2.40. The van der Waals surface area contributed by atoms with Gasteiger partial charge in [0.05, 0.1) is 11.2 Å². The second-order valence-electron chi connectivity index (χ2n) is 4.16. The van der Waals surface area contributed by atoms with E-state index in [0.29, 0.717) is 0 Å². The highest BCUT2D eigenvalue weighted by Gasteiger charge is 2.33. The van der Waals surface area contributed by atoms with Crippen LogP contribution in [0.4, 0.5) is 0 Å². The van der Waals surface area contributed by atoms with Crippen LogP contribution in [-0.2, 0) is 4.74 Å². The average Bonchev–Trinajstić information content (AvgIpc) is 1.56. The van der Waals surface area contributed by atoms with Crippen LogP contribution in [0.15, 0.2) is 0 Å². The van der Waals surface area contributed by atoms with Crippen molar-refractivity contribution in [3.8, 4) is 0 Å². The van der Waals surface area contributed by atoms with E-state index in [-0.39, 0.29) is 11.2 Å². The molecule has 1 heterocycles. The highest BCUT2D eigenvalue weighted by atomic mass is 16.5. The van der Waals surface area contributed by atoms with Gasteiger partial charge < -0.3 is 4.74 Å². The predicted octanol–water partition coefficient (Wildman–Crippen LogP) is 1.18. The fraction of sp³-hybridized carbons (Fsp3) is 1.00. The van der Waals surface area contributed by atoms with E-state index in [1.165, 1.54) is 0 Å². The third-order valence-electron chi connectivity index (χ3n) is 1.54. The average molecular weight is 142 g/mol. The second kappa shape index (κ2) is 2.21. The summed E-state index contributed by atoms with van der Waals surface area (Å²) in [6.45, 7) is 9.98. The van der Waals surface area contributed by atoms with E-state index in [9.17, 15) is 0 Å². The van der Waals surface area contributed by atoms with Crippen molar-refractivity contribution in [2.45, 2.75) is 38.9 Å². The van der Waals surface area contributed by atoms with Crippen LogP contribution in [0.3, 0.4) is 0 Å². The molecule has 1 aliphatic heterocycles. The van der Waals surface area contributed by atoms with E-state index in [1.807, 2.05) is 0 Å². The van der Waals surface area contributed by atoms with Gasteiger partial charge in [-0.05, 0) is 27.7 Å². The van der Waals surface area contributed by atoms with E-state index in [0.717, 1.165) is 13.1 Å². The first-order valence-electron chi connectivity index (χ1n) is 3.75. The molecule has 0 aromatic rings. The van der Waals surface area contributed by atoms with Crippen molar-refractivity contribution in [1.29, 1.82) is 0 Å². The van der Waals surface area contributed by atoms with Crippen LogP contribution in [0, 0.1) is 0 Å². The van der Waals surface area contributed by atoms with Crippen LogP contribution >= 0.6 is 0 Å². The van der Waals surface area contributed by atoms with Gasteiger partial charge in [0, 0.05) is 13.1 Å². The summed E-state index contributed by atoms with van der Waals surface area (Å²) in [6.07, 6.45) is 0. The van der Waals surface area contributed by atoms with E-state index >= 15 is 0 Å². The summed E-state index contributed by atoms with van der Waals surface area (Å²) in [5.41, 5.74) is -0.108. The third-order valence-corrected chi connectivity index (χ3v) is 1.54. The van der Waals surface area contributed by atoms with Gasteiger partial charge >= 0.3 is 0 Å². The summed E-state index contributed by atoms with van der Waals surface area (Å²) in [5.74, 6) is 0. The maximum absolute atomic E-state index is 5.77. The minimum Gasteiger partial charge on any atom is -0.367 e. The number of rotatable bonds is 0. The van der Waals surface area contributed by atoms with Crippen molar-refractivity contribution in [2.75, 3.05) is 13.1 Å². The van der Waals surface area contributed by atoms with Gasteiger partial charge in [-0.2, -0.15) is 0 Å². The Morgan fingerprint density at radius 1 is 1.00 bits per heavy atom. The topological polar surface area (TPSA) is 23.3 Å². The summed E-state index contributed by atoms with van der Waals surface area (Å²) < 4.78 is 5.77. The molecular formula is C8H16NO. The van der Waals surface area contributed by atoms with Gasteiger partial charge in [-0.1, -0.05) is 0 Å². The normalized spacial score (nSPS) is 30.0. The molecule has 2 nitrogen and oxygen atoms in total. The Balaban J connectivity index is 2.56. The first kappa shape index (κ1) is 8.02. The zero-order valence-corrected chi connectivity index (χ0v) is 7.27. The number of nitrogens with zero attached hydrogens (tertiary/aromatic N) is 1. The molecule has 0 unspecified atom stereocenters. The van der Waals surface area contributed by atoms with E-state index in [2.05, 4.69) is 33.0 Å². The van der Waals surface area contributed by atoms with Crippen LogP contribution in [0.25, 0.3) is 0 Å². The lowest BCUT2D eigenvalue weighted by atomic mass is 10.0. The van der Waals surface area contributed by atoms with Gasteiger partial charge in [-0.3, -0.25) is 0 Å². The summed E-state index contributed by atoms with van der Waals surface area (Å²) in [6, 6.07) is 0. The van der Waals surface area contributed by atoms with E-state index in [1.54, 1.807) is 0 Å². The zero-order valence-electron chi connectivity index (χ0n) is 7.27. The molecule has 0 aromatic carbocycles. The lowest BCUT2D eigenvalue weighted by Crippen LogP contribution is -2.52. The van der Waals surface area contributed by atoms with Gasteiger partial charge in [0.25, 0.3) is 0 Å². The SMILES string of the molecule is CC1(C)C[N]CC(C)(C)O1. The number of hydrogen-bond donors (Lipinski definition) is 0. The highest BCUT2D eigenvalue weighted by molar-refractivity contribution is 4.86. The quantitative estimate of drug-likeness (QED) is 0.498. The van der Waals surface area contributed by atoms with Crippen molar-refractivity contribution in [3.05, 3.63) is 0 Å². The third kappa shape index (κ3) is 1.96. The van der Waals surface area contributed by atoms with E-state index < -0.39 is 0 Å². The monoisotopic (exact) mass is 142 g/mol. The molecule has 1 fully saturated rings. The fourth-order valence-corrected chi connectivity index (χ4v) is 1.41. The Labute approximate surface area is 63.0 Å². The number of hydrogen-bond acceptors (Lipinski definition) is 1. The van der Waals surface area contributed by atoms with Gasteiger partial charge in [-0.25, -0.2) is 5.32 Å². The first-order chi connectivity index (χ1) is 4.41. The Morgan fingerprint density at radius 3 is 1.60 bits per heavy atom. The molecule has 0 amide bonds. The minimum absolute atomic E-state index is 0.0538. The predicted molar refractivity (Wildman–Crippen MR) is 41.1 cm³/mol. The Morgan fingerprint density at radius 2 is 1.40 bits per heavy atom. The second-order valence-corrected chi connectivity index (χ2v) is 4.16. The zero-order chi connectivity index (χ0) is 7.83. The largest absolute Gasteiger partial charge is 0.367 e. The summed E-state index contributed by atoms with van der Waals surface area (Å²) >= 11 is 0. The molecule has 0 aliphatic carbocycles. The summed E-state index contributed by atoms with van der Waals surface area (Å²) in [5, 5.41) is 4.36. The van der Waals surface area contributed by atoms with E-state index in [4.69, 9.17) is 4.74 Å². The maximum Gasteiger partial charge on any atom is 0.0774 e. The molecule has 0 atom stereocenters. The van der Waals surface area contributed by atoms with Crippen molar-refractivity contribution < 1.29 is 4.74 Å². The maximum atomic E-state index is 5.77. The van der Waals surface area contributed by atoms with Crippen molar-refractivity contribution in [1.82, 2.24) is 5.32 Å². The number of morpholine rings is 1. The molecule has 0 saturated carbocycles. The van der Waals surface area contributed by atoms with Crippen LogP contribution in [-0.4, -0.2) is 24.3 Å². The fourth-order valence-electron chi connectivity index (χ4n) is 1.41. The molecular weight excluding hydrogens is 126 g/mol. The lowest BCUT2D eigenvalue weighted by molar-refractivity contribution is -0.144. The molecule has 0 spiro atoms. The molecule has 0 aromatic heterocycles. The van der Waals surface area contributed by atoms with Crippen LogP contribution in [0.1, 0.15) is 27.7 Å². The molecule has 10 heavy (non-hydrogen) atoms. The minimum atomic E-state index is -0.0538. The van der Waals surface area contributed by atoms with Crippen molar-refractivity contribution >= 4 is 0 Å². The van der Waals surface area contributed by atoms with Crippen molar-refractivity contribution in [2.24, 2.45) is 0 Å². The van der Waals surface area contributed by atoms with Crippen LogP contribution in [0.2, 0.25) is 0 Å². The molecule has 59 valence electrons. The Bertz CT molecular complexity index is 115. The van der Waals surface area contributed by atoms with Crippen LogP contribution in [0.5, 0.6) is 0 Å². The molecule has 1 saturated heterocycles. The van der Waals surface area contributed by atoms with Gasteiger partial charge in [0.15, 0.2) is 0 Å². The Hall–Kier alpha value is -0.0800. The van der Waals surface area contributed by atoms with Gasteiger partial charge in [0.1, 0.15) is 0 Å². The van der Waals surface area contributed by atoms with Crippen LogP contribution < -0.4 is 5.32 Å². The van der Waals surface area contributed by atoms with Crippen molar-refractivity contribution in [3.63, 3.8) is 0 Å². The Kier molecular flexibility index (Phi) is 1.77. The van der Waals surface area contributed by atoms with Gasteiger partial charge in [-0.15, -0.1) is 0 Å². The standard InChI is InChI=1S/C8H16NO/c1-7(2)5-9-6-8(3,4)10-7/h5-6H2,1-4H3. The molecule has 1 aliphatic rings.